The number of allylic oxidation sites excluding steroid dienone is 2. The first-order valence-electron chi connectivity index (χ1n) is 2.57. The van der Waals surface area contributed by atoms with Crippen LogP contribution in [0, 0.1) is 0 Å². The van der Waals surface area contributed by atoms with Crippen LogP contribution in [-0.2, 0) is 0 Å². The molecule has 0 aliphatic carbocycles. The lowest BCUT2D eigenvalue weighted by atomic mass is 10.5. The second kappa shape index (κ2) is 4.90. The maximum Gasteiger partial charge on any atom is 0.0957 e. The van der Waals surface area contributed by atoms with Crippen LogP contribution < -0.4 is 11.1 Å². The molecular formula is C6H11N3. The van der Waals surface area contributed by atoms with E-state index in [-0.39, 0.29) is 0 Å². The Morgan fingerprint density at radius 2 is 2.44 bits per heavy atom. The van der Waals surface area contributed by atoms with Crippen LogP contribution in [0.2, 0.25) is 0 Å². The van der Waals surface area contributed by atoms with E-state index < -0.39 is 0 Å². The normalized spacial score (nSPS) is 11.9. The maximum absolute atomic E-state index is 5.35. The van der Waals surface area contributed by atoms with Crippen LogP contribution in [0.1, 0.15) is 0 Å². The molecule has 0 aromatic carbocycles. The fourth-order valence-electron chi connectivity index (χ4n) is 0.291. The fraction of sp³-hybridized carbons (Fsp3) is 0.167. The van der Waals surface area contributed by atoms with Crippen molar-refractivity contribution in [3.8, 4) is 0 Å². The third-order valence-corrected chi connectivity index (χ3v) is 0.756. The fourth-order valence-corrected chi connectivity index (χ4v) is 0.291. The van der Waals surface area contributed by atoms with Crippen molar-refractivity contribution in [3.63, 3.8) is 0 Å². The Hall–Kier alpha value is -1.25. The number of nitrogens with two attached hydrogens (primary N) is 1. The molecular weight excluding hydrogens is 114 g/mol. The van der Waals surface area contributed by atoms with Crippen LogP contribution in [0.3, 0.4) is 0 Å². The molecule has 0 saturated carbocycles. The van der Waals surface area contributed by atoms with Crippen molar-refractivity contribution in [1.29, 1.82) is 0 Å². The number of aliphatic imine (C=N–C) groups is 1. The summed E-state index contributed by atoms with van der Waals surface area (Å²) < 4.78 is 0. The Balaban J connectivity index is 3.67. The molecule has 0 rings (SSSR count). The molecule has 0 aromatic heterocycles. The molecule has 3 heteroatoms. The zero-order valence-corrected chi connectivity index (χ0v) is 5.46. The highest BCUT2D eigenvalue weighted by molar-refractivity contribution is 5.26. The number of hydrogen-bond acceptors (Lipinski definition) is 3. The molecule has 0 spiro atoms. The third kappa shape index (κ3) is 4.61. The molecule has 0 fully saturated rings. The standard InChI is InChI=1S/C6H11N3/c1-8-5-3-4-6(7)9-2/h3-5,9H,1,7H2,2H3/b5-3-,6-4+. The maximum atomic E-state index is 5.35. The first-order chi connectivity index (χ1) is 4.31. The van der Waals surface area contributed by atoms with Crippen LogP contribution in [0.4, 0.5) is 0 Å². The number of nitrogens with one attached hydrogen (secondary N) is 1. The predicted octanol–water partition coefficient (Wildman–Crippen LogP) is 0.220. The van der Waals surface area contributed by atoms with E-state index in [4.69, 9.17) is 5.73 Å². The SMILES string of the molecule is C=N/C=C\C=C(/N)NC. The molecule has 3 nitrogen and oxygen atoms in total. The van der Waals surface area contributed by atoms with Crippen molar-refractivity contribution in [2.24, 2.45) is 10.7 Å². The number of nitrogens with zero attached hydrogens (tertiary/aromatic N) is 1. The number of hydrogen-bond donors (Lipinski definition) is 2. The predicted molar refractivity (Wildman–Crippen MR) is 40.0 cm³/mol. The molecule has 0 bridgehead atoms. The summed E-state index contributed by atoms with van der Waals surface area (Å²) in [5.74, 6) is 0.606. The van der Waals surface area contributed by atoms with Gasteiger partial charge in [-0.25, -0.2) is 0 Å². The summed E-state index contributed by atoms with van der Waals surface area (Å²) in [7, 11) is 1.75. The summed E-state index contributed by atoms with van der Waals surface area (Å²) in [6, 6.07) is 0. The molecule has 3 N–H and O–H groups in total. The Kier molecular flexibility index (Phi) is 4.22. The molecule has 0 atom stereocenters. The van der Waals surface area contributed by atoms with E-state index in [1.54, 1.807) is 25.4 Å². The molecule has 0 heterocycles. The molecule has 0 aliphatic rings. The van der Waals surface area contributed by atoms with Crippen LogP contribution in [0.25, 0.3) is 0 Å². The van der Waals surface area contributed by atoms with Crippen molar-refractivity contribution in [2.75, 3.05) is 7.05 Å². The average Bonchev–Trinajstić information content (AvgIpc) is 1.89. The monoisotopic (exact) mass is 125 g/mol. The Labute approximate surface area is 55.0 Å². The van der Waals surface area contributed by atoms with Gasteiger partial charge in [0, 0.05) is 13.2 Å². The summed E-state index contributed by atoms with van der Waals surface area (Å²) >= 11 is 0. The lowest BCUT2D eigenvalue weighted by Crippen LogP contribution is -2.13. The topological polar surface area (TPSA) is 50.4 Å². The van der Waals surface area contributed by atoms with E-state index in [0.717, 1.165) is 0 Å². The van der Waals surface area contributed by atoms with Gasteiger partial charge >= 0.3 is 0 Å². The van der Waals surface area contributed by atoms with Gasteiger partial charge < -0.3 is 11.1 Å². The first kappa shape index (κ1) is 7.75. The lowest BCUT2D eigenvalue weighted by molar-refractivity contribution is 0.965. The van der Waals surface area contributed by atoms with Gasteiger partial charge in [0.25, 0.3) is 0 Å². The van der Waals surface area contributed by atoms with Gasteiger partial charge in [0.15, 0.2) is 0 Å². The van der Waals surface area contributed by atoms with Crippen molar-refractivity contribution in [3.05, 3.63) is 24.2 Å². The second-order valence-corrected chi connectivity index (χ2v) is 1.40. The molecule has 50 valence electrons. The van der Waals surface area contributed by atoms with Crippen molar-refractivity contribution >= 4 is 6.72 Å². The lowest BCUT2D eigenvalue weighted by Gasteiger charge is -1.93. The summed E-state index contributed by atoms with van der Waals surface area (Å²) in [6.45, 7) is 3.26. The summed E-state index contributed by atoms with van der Waals surface area (Å²) in [6.07, 6.45) is 4.97. The van der Waals surface area contributed by atoms with Gasteiger partial charge in [-0.15, -0.1) is 0 Å². The molecule has 0 aliphatic heterocycles. The van der Waals surface area contributed by atoms with E-state index in [9.17, 15) is 0 Å². The van der Waals surface area contributed by atoms with Gasteiger partial charge in [-0.1, -0.05) is 0 Å². The highest BCUT2D eigenvalue weighted by atomic mass is 14.9. The highest BCUT2D eigenvalue weighted by Gasteiger charge is 1.73. The number of rotatable bonds is 3. The van der Waals surface area contributed by atoms with Crippen LogP contribution in [-0.4, -0.2) is 13.8 Å². The minimum Gasteiger partial charge on any atom is -0.386 e. The molecule has 0 radical (unpaired) electrons. The molecule has 0 saturated heterocycles. The first-order valence-corrected chi connectivity index (χ1v) is 2.57. The Morgan fingerprint density at radius 1 is 1.78 bits per heavy atom. The van der Waals surface area contributed by atoms with Gasteiger partial charge in [0.1, 0.15) is 0 Å². The molecule has 0 aromatic rings. The largest absolute Gasteiger partial charge is 0.386 e. The van der Waals surface area contributed by atoms with E-state index in [0.29, 0.717) is 5.82 Å². The van der Waals surface area contributed by atoms with Crippen LogP contribution >= 0.6 is 0 Å². The summed E-state index contributed by atoms with van der Waals surface area (Å²) in [4.78, 5) is 3.48. The minimum atomic E-state index is 0.606. The molecule has 9 heavy (non-hydrogen) atoms. The van der Waals surface area contributed by atoms with Crippen LogP contribution in [0.15, 0.2) is 29.2 Å². The van der Waals surface area contributed by atoms with E-state index in [1.165, 1.54) is 0 Å². The molecule has 0 amide bonds. The highest BCUT2D eigenvalue weighted by Crippen LogP contribution is 1.78. The van der Waals surface area contributed by atoms with E-state index in [1.807, 2.05) is 0 Å². The zero-order chi connectivity index (χ0) is 7.11. The van der Waals surface area contributed by atoms with Gasteiger partial charge in [0.05, 0.1) is 5.82 Å². The zero-order valence-electron chi connectivity index (χ0n) is 5.46. The van der Waals surface area contributed by atoms with Crippen molar-refractivity contribution < 1.29 is 0 Å². The second-order valence-electron chi connectivity index (χ2n) is 1.40. The van der Waals surface area contributed by atoms with Gasteiger partial charge in [-0.3, -0.25) is 4.99 Å². The van der Waals surface area contributed by atoms with Gasteiger partial charge in [-0.2, -0.15) is 0 Å². The summed E-state index contributed by atoms with van der Waals surface area (Å²) in [5.41, 5.74) is 5.35. The van der Waals surface area contributed by atoms with Crippen LogP contribution in [0.5, 0.6) is 0 Å². The van der Waals surface area contributed by atoms with Crippen molar-refractivity contribution in [1.82, 2.24) is 5.32 Å². The van der Waals surface area contributed by atoms with Crippen molar-refractivity contribution in [2.45, 2.75) is 0 Å². The average molecular weight is 125 g/mol. The smallest absolute Gasteiger partial charge is 0.0957 e. The molecule has 0 unspecified atom stereocenters. The van der Waals surface area contributed by atoms with Gasteiger partial charge in [0.2, 0.25) is 0 Å². The Bertz CT molecular complexity index is 135. The van der Waals surface area contributed by atoms with E-state index >= 15 is 0 Å². The third-order valence-electron chi connectivity index (χ3n) is 0.756. The summed E-state index contributed by atoms with van der Waals surface area (Å²) in [5, 5.41) is 2.75. The quantitative estimate of drug-likeness (QED) is 0.419. The van der Waals surface area contributed by atoms with E-state index in [2.05, 4.69) is 17.0 Å². The minimum absolute atomic E-state index is 0.606. The Morgan fingerprint density at radius 3 is 2.89 bits per heavy atom. The van der Waals surface area contributed by atoms with Gasteiger partial charge in [-0.05, 0) is 18.9 Å².